The molecule has 0 aromatic heterocycles. The Morgan fingerprint density at radius 1 is 1.00 bits per heavy atom. The highest BCUT2D eigenvalue weighted by atomic mass is 32.1. The Morgan fingerprint density at radius 3 is 2.48 bits per heavy atom. The highest BCUT2D eigenvalue weighted by Gasteiger charge is 2.08. The van der Waals surface area contributed by atoms with Crippen molar-refractivity contribution in [2.45, 2.75) is 26.7 Å². The van der Waals surface area contributed by atoms with Crippen LogP contribution >= 0.6 is 12.2 Å². The first-order chi connectivity index (χ1) is 12.9. The maximum atomic E-state index is 11.9. The molecular formula is C20H23N3O3S. The van der Waals surface area contributed by atoms with Crippen LogP contribution in [0.3, 0.4) is 0 Å². The molecule has 0 heterocycles. The smallest absolute Gasteiger partial charge is 0.264 e. The number of nitrogens with one attached hydrogen (secondary N) is 3. The first-order valence-electron chi connectivity index (χ1n) is 8.56. The lowest BCUT2D eigenvalue weighted by Gasteiger charge is -2.12. The van der Waals surface area contributed by atoms with E-state index in [1.807, 2.05) is 62.4 Å². The van der Waals surface area contributed by atoms with Gasteiger partial charge in [0.15, 0.2) is 11.7 Å². The van der Waals surface area contributed by atoms with Crippen LogP contribution in [0.2, 0.25) is 0 Å². The van der Waals surface area contributed by atoms with Gasteiger partial charge in [0.2, 0.25) is 5.91 Å². The van der Waals surface area contributed by atoms with E-state index in [0.29, 0.717) is 18.6 Å². The molecule has 0 radical (unpaired) electrons. The summed E-state index contributed by atoms with van der Waals surface area (Å²) in [6.45, 7) is 3.68. The second-order valence-corrected chi connectivity index (χ2v) is 6.50. The molecule has 0 aliphatic rings. The SMILES string of the molecule is Cc1ccc(C)c(OCC(=O)NC(=S)NNC(=O)CCc2ccccc2)c1. The molecule has 2 rings (SSSR count). The van der Waals surface area contributed by atoms with Crippen molar-refractivity contribution in [3.63, 3.8) is 0 Å². The van der Waals surface area contributed by atoms with Gasteiger partial charge in [-0.1, -0.05) is 42.5 Å². The molecule has 0 saturated heterocycles. The molecule has 0 fully saturated rings. The molecule has 0 unspecified atom stereocenters. The van der Waals surface area contributed by atoms with E-state index >= 15 is 0 Å². The molecule has 0 spiro atoms. The summed E-state index contributed by atoms with van der Waals surface area (Å²) in [6.07, 6.45) is 0.931. The van der Waals surface area contributed by atoms with Gasteiger partial charge in [0.1, 0.15) is 5.75 Å². The summed E-state index contributed by atoms with van der Waals surface area (Å²) < 4.78 is 5.51. The number of benzene rings is 2. The van der Waals surface area contributed by atoms with E-state index in [2.05, 4.69) is 16.2 Å². The lowest BCUT2D eigenvalue weighted by Crippen LogP contribution is -2.49. The fourth-order valence-electron chi connectivity index (χ4n) is 2.29. The van der Waals surface area contributed by atoms with Crippen LogP contribution in [-0.2, 0) is 16.0 Å². The average Bonchev–Trinajstić information content (AvgIpc) is 2.66. The fraction of sp³-hybridized carbons (Fsp3) is 0.250. The highest BCUT2D eigenvalue weighted by Crippen LogP contribution is 2.18. The zero-order valence-corrected chi connectivity index (χ0v) is 16.2. The standard InChI is InChI=1S/C20H23N3O3S/c1-14-8-9-15(2)17(12-14)26-13-19(25)21-20(27)23-22-18(24)11-10-16-6-4-3-5-7-16/h3-9,12H,10-11,13H2,1-2H3,(H,22,24)(H2,21,23,25,27). The number of rotatable bonds is 6. The maximum absolute atomic E-state index is 11.9. The van der Waals surface area contributed by atoms with E-state index in [1.165, 1.54) is 0 Å². The van der Waals surface area contributed by atoms with Crippen LogP contribution in [0.5, 0.6) is 5.75 Å². The molecule has 2 aromatic rings. The van der Waals surface area contributed by atoms with Gasteiger partial charge in [0, 0.05) is 6.42 Å². The third-order valence-corrected chi connectivity index (χ3v) is 3.96. The van der Waals surface area contributed by atoms with E-state index in [4.69, 9.17) is 17.0 Å². The van der Waals surface area contributed by atoms with Crippen LogP contribution in [0.25, 0.3) is 0 Å². The number of hydrogen-bond acceptors (Lipinski definition) is 4. The Morgan fingerprint density at radius 2 is 1.74 bits per heavy atom. The zero-order valence-electron chi connectivity index (χ0n) is 15.4. The summed E-state index contributed by atoms with van der Waals surface area (Å²) in [5.74, 6) is 0.0206. The Balaban J connectivity index is 1.66. The van der Waals surface area contributed by atoms with E-state index in [-0.39, 0.29) is 17.6 Å². The summed E-state index contributed by atoms with van der Waals surface area (Å²) >= 11 is 4.99. The molecule has 0 atom stereocenters. The monoisotopic (exact) mass is 385 g/mol. The van der Waals surface area contributed by atoms with Crippen LogP contribution < -0.4 is 20.9 Å². The van der Waals surface area contributed by atoms with Gasteiger partial charge in [-0.25, -0.2) is 0 Å². The van der Waals surface area contributed by atoms with Crippen LogP contribution in [0.15, 0.2) is 48.5 Å². The summed E-state index contributed by atoms with van der Waals surface area (Å²) in [5, 5.41) is 2.47. The highest BCUT2D eigenvalue weighted by molar-refractivity contribution is 7.80. The second-order valence-electron chi connectivity index (χ2n) is 6.09. The number of amides is 2. The van der Waals surface area contributed by atoms with Gasteiger partial charge < -0.3 is 4.74 Å². The lowest BCUT2D eigenvalue weighted by atomic mass is 10.1. The molecule has 2 aromatic carbocycles. The van der Waals surface area contributed by atoms with Crippen molar-refractivity contribution in [1.29, 1.82) is 0 Å². The number of ether oxygens (including phenoxy) is 1. The minimum atomic E-state index is -0.410. The normalized spacial score (nSPS) is 10.0. The number of carbonyl (C=O) groups excluding carboxylic acids is 2. The van der Waals surface area contributed by atoms with Crippen molar-refractivity contribution in [1.82, 2.24) is 16.2 Å². The summed E-state index contributed by atoms with van der Waals surface area (Å²) in [5.41, 5.74) is 8.04. The van der Waals surface area contributed by atoms with Crippen LogP contribution in [0.1, 0.15) is 23.1 Å². The van der Waals surface area contributed by atoms with Gasteiger partial charge >= 0.3 is 0 Å². The van der Waals surface area contributed by atoms with Crippen molar-refractivity contribution in [2.75, 3.05) is 6.61 Å². The molecule has 27 heavy (non-hydrogen) atoms. The summed E-state index contributed by atoms with van der Waals surface area (Å²) in [6, 6.07) is 15.5. The molecule has 3 N–H and O–H groups in total. The molecule has 0 aliphatic carbocycles. The third kappa shape index (κ3) is 7.45. The Hall–Kier alpha value is -2.93. The third-order valence-electron chi connectivity index (χ3n) is 3.75. The van der Waals surface area contributed by atoms with Crippen molar-refractivity contribution in [3.8, 4) is 5.75 Å². The fourth-order valence-corrected chi connectivity index (χ4v) is 2.46. The van der Waals surface area contributed by atoms with Crippen molar-refractivity contribution < 1.29 is 14.3 Å². The van der Waals surface area contributed by atoms with Gasteiger partial charge in [-0.15, -0.1) is 0 Å². The van der Waals surface area contributed by atoms with Crippen molar-refractivity contribution in [3.05, 3.63) is 65.2 Å². The topological polar surface area (TPSA) is 79.5 Å². The molecule has 0 aliphatic heterocycles. The molecule has 6 nitrogen and oxygen atoms in total. The van der Waals surface area contributed by atoms with Crippen LogP contribution in [0, 0.1) is 13.8 Å². The Bertz CT molecular complexity index is 809. The quantitative estimate of drug-likeness (QED) is 0.525. The molecule has 2 amide bonds. The predicted octanol–water partition coefficient (Wildman–Crippen LogP) is 2.34. The van der Waals surface area contributed by atoms with E-state index < -0.39 is 5.91 Å². The Labute approximate surface area is 164 Å². The van der Waals surface area contributed by atoms with Gasteiger partial charge in [-0.3, -0.25) is 25.8 Å². The Kier molecular flexibility index (Phi) is 7.76. The molecule has 7 heteroatoms. The number of aryl methyl sites for hydroxylation is 3. The van der Waals surface area contributed by atoms with Gasteiger partial charge in [-0.05, 0) is 55.2 Å². The van der Waals surface area contributed by atoms with Crippen molar-refractivity contribution in [2.24, 2.45) is 0 Å². The summed E-state index contributed by atoms with van der Waals surface area (Å²) in [4.78, 5) is 23.7. The van der Waals surface area contributed by atoms with E-state index in [1.54, 1.807) is 0 Å². The zero-order chi connectivity index (χ0) is 19.6. The van der Waals surface area contributed by atoms with Gasteiger partial charge in [-0.2, -0.15) is 0 Å². The molecule has 0 bridgehead atoms. The minimum absolute atomic E-state index is 0.0117. The number of hydrogen-bond donors (Lipinski definition) is 3. The minimum Gasteiger partial charge on any atom is -0.483 e. The van der Waals surface area contributed by atoms with Crippen molar-refractivity contribution >= 4 is 29.1 Å². The molecular weight excluding hydrogens is 362 g/mol. The summed E-state index contributed by atoms with van der Waals surface area (Å²) in [7, 11) is 0. The predicted molar refractivity (Wildman–Crippen MR) is 108 cm³/mol. The number of carbonyl (C=O) groups is 2. The molecule has 142 valence electrons. The largest absolute Gasteiger partial charge is 0.483 e. The first-order valence-corrected chi connectivity index (χ1v) is 8.97. The van der Waals surface area contributed by atoms with Crippen LogP contribution in [0.4, 0.5) is 0 Å². The van der Waals surface area contributed by atoms with Crippen LogP contribution in [-0.4, -0.2) is 23.5 Å². The van der Waals surface area contributed by atoms with E-state index in [9.17, 15) is 9.59 Å². The first kappa shape index (κ1) is 20.4. The maximum Gasteiger partial charge on any atom is 0.264 e. The van der Waals surface area contributed by atoms with Gasteiger partial charge in [0.25, 0.3) is 5.91 Å². The molecule has 0 saturated carbocycles. The lowest BCUT2D eigenvalue weighted by molar-refractivity contribution is -0.123. The van der Waals surface area contributed by atoms with E-state index in [0.717, 1.165) is 16.7 Å². The van der Waals surface area contributed by atoms with Gasteiger partial charge in [0.05, 0.1) is 0 Å². The number of thiocarbonyl (C=S) groups is 1. The average molecular weight is 385 g/mol. The number of hydrazine groups is 1. The second kappa shape index (κ2) is 10.3.